The van der Waals surface area contributed by atoms with Crippen LogP contribution in [0.3, 0.4) is 0 Å². The third-order valence-corrected chi connectivity index (χ3v) is 4.72. The first kappa shape index (κ1) is 11.9. The molecule has 0 amide bonds. The van der Waals surface area contributed by atoms with Crippen molar-refractivity contribution in [1.82, 2.24) is 0 Å². The molecule has 0 fully saturated rings. The van der Waals surface area contributed by atoms with Crippen LogP contribution in [0.15, 0.2) is 48.5 Å². The van der Waals surface area contributed by atoms with Crippen molar-refractivity contribution in [1.29, 1.82) is 0 Å². The maximum atomic E-state index is 5.16. The van der Waals surface area contributed by atoms with E-state index in [4.69, 9.17) is 4.74 Å². The van der Waals surface area contributed by atoms with Crippen molar-refractivity contribution in [3.8, 4) is 16.9 Å². The Morgan fingerprint density at radius 3 is 1.65 bits per heavy atom. The van der Waals surface area contributed by atoms with Gasteiger partial charge in [-0.3, -0.25) is 0 Å². The highest BCUT2D eigenvalue weighted by atomic mass is 28.3. The summed E-state index contributed by atoms with van der Waals surface area (Å²) in [5.74, 6) is 0.903. The van der Waals surface area contributed by atoms with E-state index in [0.29, 0.717) is 0 Å². The van der Waals surface area contributed by atoms with Gasteiger partial charge in [0.05, 0.1) is 15.9 Å². The Balaban J connectivity index is 2.26. The van der Waals surface area contributed by atoms with Crippen LogP contribution in [0.2, 0.25) is 13.1 Å². The van der Waals surface area contributed by atoms with Gasteiger partial charge in [0, 0.05) is 0 Å². The van der Waals surface area contributed by atoms with Crippen molar-refractivity contribution in [3.05, 3.63) is 48.5 Å². The predicted octanol–water partition coefficient (Wildman–Crippen LogP) is 3.06. The summed E-state index contributed by atoms with van der Waals surface area (Å²) in [7, 11) is 1.01. The van der Waals surface area contributed by atoms with Gasteiger partial charge in [-0.25, -0.2) is 0 Å². The molecule has 2 heteroatoms. The fourth-order valence-corrected chi connectivity index (χ4v) is 2.81. The van der Waals surface area contributed by atoms with Gasteiger partial charge in [-0.2, -0.15) is 0 Å². The lowest BCUT2D eigenvalue weighted by Gasteiger charge is -2.07. The molecule has 0 aromatic heterocycles. The maximum absolute atomic E-state index is 5.16. The summed E-state index contributed by atoms with van der Waals surface area (Å²) in [5.41, 5.74) is 2.51. The van der Waals surface area contributed by atoms with Crippen molar-refractivity contribution in [2.24, 2.45) is 0 Å². The van der Waals surface area contributed by atoms with Crippen LogP contribution < -0.4 is 9.92 Å². The average molecular weight is 242 g/mol. The zero-order chi connectivity index (χ0) is 12.3. The van der Waals surface area contributed by atoms with Gasteiger partial charge in [-0.15, -0.1) is 0 Å². The Hall–Kier alpha value is -1.54. The fourth-order valence-electron chi connectivity index (χ4n) is 1.84. The van der Waals surface area contributed by atoms with Gasteiger partial charge in [-0.05, 0) is 23.3 Å². The van der Waals surface area contributed by atoms with Crippen LogP contribution >= 0.6 is 0 Å². The zero-order valence-electron chi connectivity index (χ0n) is 10.6. The van der Waals surface area contributed by atoms with Gasteiger partial charge in [-0.1, -0.05) is 54.7 Å². The molecule has 2 aromatic carbocycles. The second-order valence-electron chi connectivity index (χ2n) is 4.51. The first-order valence-corrected chi connectivity index (χ1v) is 8.84. The lowest BCUT2D eigenvalue weighted by molar-refractivity contribution is 0.415. The first-order valence-electron chi connectivity index (χ1n) is 5.95. The number of rotatable bonds is 3. The molecular weight excluding hydrogens is 224 g/mol. The Morgan fingerprint density at radius 1 is 0.765 bits per heavy atom. The van der Waals surface area contributed by atoms with Crippen molar-refractivity contribution < 1.29 is 4.74 Å². The van der Waals surface area contributed by atoms with Crippen molar-refractivity contribution in [2.75, 3.05) is 7.11 Å². The van der Waals surface area contributed by atoms with Crippen LogP contribution in [0.5, 0.6) is 5.75 Å². The van der Waals surface area contributed by atoms with Crippen molar-refractivity contribution in [2.45, 2.75) is 13.1 Å². The second kappa shape index (κ2) is 5.19. The molecule has 0 saturated heterocycles. The van der Waals surface area contributed by atoms with Crippen molar-refractivity contribution in [3.63, 3.8) is 0 Å². The molecule has 0 atom stereocenters. The van der Waals surface area contributed by atoms with Gasteiger partial charge in [0.2, 0.25) is 0 Å². The molecule has 0 unspecified atom stereocenters. The molecule has 2 aromatic rings. The molecule has 0 aliphatic rings. The lowest BCUT2D eigenvalue weighted by Crippen LogP contribution is -2.21. The first-order chi connectivity index (χ1) is 8.20. The quantitative estimate of drug-likeness (QED) is 0.752. The minimum Gasteiger partial charge on any atom is -0.497 e. The van der Waals surface area contributed by atoms with Gasteiger partial charge < -0.3 is 4.74 Å². The largest absolute Gasteiger partial charge is 0.497 e. The van der Waals surface area contributed by atoms with Crippen LogP contribution in [0.25, 0.3) is 11.1 Å². The highest BCUT2D eigenvalue weighted by Crippen LogP contribution is 2.21. The number of hydrogen-bond donors (Lipinski definition) is 0. The molecule has 1 nitrogen and oxygen atoms in total. The fraction of sp³-hybridized carbons (Fsp3) is 0.200. The molecule has 2 rings (SSSR count). The van der Waals surface area contributed by atoms with E-state index in [1.165, 1.54) is 16.3 Å². The van der Waals surface area contributed by atoms with E-state index in [9.17, 15) is 0 Å². The monoisotopic (exact) mass is 242 g/mol. The maximum Gasteiger partial charge on any atom is 0.118 e. The van der Waals surface area contributed by atoms with E-state index in [1.807, 2.05) is 12.1 Å². The van der Waals surface area contributed by atoms with Gasteiger partial charge in [0.1, 0.15) is 5.75 Å². The second-order valence-corrected chi connectivity index (χ2v) is 7.48. The summed E-state index contributed by atoms with van der Waals surface area (Å²) < 4.78 is 5.16. The topological polar surface area (TPSA) is 9.23 Å². The van der Waals surface area contributed by atoms with Crippen LogP contribution in [0.1, 0.15) is 0 Å². The molecular formula is C15H18OSi. The average Bonchev–Trinajstić information content (AvgIpc) is 2.39. The SMILES string of the molecule is COc1ccc(-c2ccc([SiH](C)C)cc2)cc1. The molecule has 0 heterocycles. The van der Waals surface area contributed by atoms with E-state index in [0.717, 1.165) is 5.75 Å². The van der Waals surface area contributed by atoms with Crippen molar-refractivity contribution >= 4 is 14.0 Å². The van der Waals surface area contributed by atoms with E-state index in [1.54, 1.807) is 7.11 Å². The Morgan fingerprint density at radius 2 is 1.24 bits per heavy atom. The summed E-state index contributed by atoms with van der Waals surface area (Å²) >= 11 is 0. The summed E-state index contributed by atoms with van der Waals surface area (Å²) in [4.78, 5) is 0. The molecule has 0 radical (unpaired) electrons. The third kappa shape index (κ3) is 2.77. The number of methoxy groups -OCH3 is 1. The normalized spacial score (nSPS) is 10.6. The Bertz CT molecular complexity index is 471. The van der Waals surface area contributed by atoms with Crippen LogP contribution in [-0.2, 0) is 0 Å². The van der Waals surface area contributed by atoms with Crippen LogP contribution in [0, 0.1) is 0 Å². The molecule has 0 aliphatic heterocycles. The smallest absolute Gasteiger partial charge is 0.118 e. The standard InChI is InChI=1S/C15H18OSi/c1-16-14-8-4-12(5-9-14)13-6-10-15(11-7-13)17(2)3/h4-11,17H,1-3H3. The molecule has 0 bridgehead atoms. The van der Waals surface area contributed by atoms with E-state index < -0.39 is 8.80 Å². The zero-order valence-corrected chi connectivity index (χ0v) is 11.8. The number of hydrogen-bond acceptors (Lipinski definition) is 1. The molecule has 17 heavy (non-hydrogen) atoms. The summed E-state index contributed by atoms with van der Waals surface area (Å²) in [5, 5.41) is 1.52. The highest BCUT2D eigenvalue weighted by Gasteiger charge is 2.02. The van der Waals surface area contributed by atoms with Gasteiger partial charge >= 0.3 is 0 Å². The van der Waals surface area contributed by atoms with Crippen LogP contribution in [0.4, 0.5) is 0 Å². The minimum absolute atomic E-state index is 0.677. The Kier molecular flexibility index (Phi) is 3.64. The van der Waals surface area contributed by atoms with Crippen LogP contribution in [-0.4, -0.2) is 15.9 Å². The van der Waals surface area contributed by atoms with E-state index >= 15 is 0 Å². The molecule has 0 saturated carbocycles. The number of benzene rings is 2. The molecule has 0 N–H and O–H groups in total. The number of ether oxygens (including phenoxy) is 1. The summed E-state index contributed by atoms with van der Waals surface area (Å²) in [6, 6.07) is 17.1. The van der Waals surface area contributed by atoms with Gasteiger partial charge in [0.25, 0.3) is 0 Å². The Labute approximate surface area is 105 Å². The molecule has 0 aliphatic carbocycles. The molecule has 88 valence electrons. The summed E-state index contributed by atoms with van der Waals surface area (Å²) in [6.45, 7) is 4.70. The summed E-state index contributed by atoms with van der Waals surface area (Å²) in [6.07, 6.45) is 0. The minimum atomic E-state index is -0.677. The van der Waals surface area contributed by atoms with E-state index in [2.05, 4.69) is 49.5 Å². The predicted molar refractivity (Wildman–Crippen MR) is 76.9 cm³/mol. The van der Waals surface area contributed by atoms with Gasteiger partial charge in [0.15, 0.2) is 0 Å². The highest BCUT2D eigenvalue weighted by molar-refractivity contribution is 6.70. The van der Waals surface area contributed by atoms with E-state index in [-0.39, 0.29) is 0 Å². The molecule has 0 spiro atoms. The lowest BCUT2D eigenvalue weighted by atomic mass is 10.1. The third-order valence-electron chi connectivity index (χ3n) is 3.00.